The maximum absolute atomic E-state index is 10.7. The Morgan fingerprint density at radius 2 is 1.40 bits per heavy atom. The van der Waals surface area contributed by atoms with Gasteiger partial charge in [-0.1, -0.05) is 67.5 Å². The fraction of sp³-hybridized carbons (Fsp3) is 0.909. The van der Waals surface area contributed by atoms with E-state index in [9.17, 15) is 4.79 Å². The highest BCUT2D eigenvalue weighted by Crippen LogP contribution is 2.30. The van der Waals surface area contributed by atoms with Crippen molar-refractivity contribution in [3.8, 4) is 0 Å². The Morgan fingerprint density at radius 3 is 1.80 bits per heavy atom. The molecule has 2 N–H and O–H groups in total. The van der Waals surface area contributed by atoms with Gasteiger partial charge >= 0.3 is 6.09 Å². The van der Waals surface area contributed by atoms with Gasteiger partial charge in [0, 0.05) is 0 Å². The minimum absolute atomic E-state index is 0.221. The molecule has 0 radical (unpaired) electrons. The predicted octanol–water partition coefficient (Wildman–Crippen LogP) is 3.91. The number of rotatable bonds is 1. The first-order valence-corrected chi connectivity index (χ1v) is 6.90. The summed E-state index contributed by atoms with van der Waals surface area (Å²) in [4.78, 5) is 10.7. The number of alkyl halides is 1. The number of halogens is 1. The fourth-order valence-corrected chi connectivity index (χ4v) is 3.13. The number of hydrogen-bond acceptors (Lipinski definition) is 1. The Bertz CT molecular complexity index is 199. The zero-order valence-electron chi connectivity index (χ0n) is 9.10. The van der Waals surface area contributed by atoms with Gasteiger partial charge in [0.15, 0.2) is 0 Å². The van der Waals surface area contributed by atoms with Crippen molar-refractivity contribution in [1.29, 1.82) is 0 Å². The number of amides is 1. The van der Waals surface area contributed by atoms with Crippen LogP contribution in [0.15, 0.2) is 0 Å². The average Bonchev–Trinajstić information content (AvgIpc) is 2.14. The summed E-state index contributed by atoms with van der Waals surface area (Å²) in [7, 11) is 0. The van der Waals surface area contributed by atoms with Gasteiger partial charge in [-0.05, 0) is 12.8 Å². The quantitative estimate of drug-likeness (QED) is 0.436. The third kappa shape index (κ3) is 5.58. The number of carboxylic acid groups (broad SMARTS) is 1. The van der Waals surface area contributed by atoms with Gasteiger partial charge in [-0.15, -0.1) is 0 Å². The van der Waals surface area contributed by atoms with Crippen LogP contribution in [0.3, 0.4) is 0 Å². The Kier molecular flexibility index (Phi) is 5.71. The van der Waals surface area contributed by atoms with Crippen LogP contribution in [0.1, 0.15) is 57.8 Å². The van der Waals surface area contributed by atoms with E-state index in [1.807, 2.05) is 0 Å². The van der Waals surface area contributed by atoms with Gasteiger partial charge in [-0.25, -0.2) is 4.79 Å². The maximum Gasteiger partial charge on any atom is 0.405 e. The molecule has 0 aromatic heterocycles. The average molecular weight is 325 g/mol. The Hall–Kier alpha value is 0. The molecule has 1 amide bonds. The molecule has 0 aromatic rings. The molecule has 1 saturated carbocycles. The Balaban J connectivity index is 2.46. The van der Waals surface area contributed by atoms with Crippen LogP contribution in [0.2, 0.25) is 0 Å². The van der Waals surface area contributed by atoms with Crippen LogP contribution in [0.4, 0.5) is 4.79 Å². The van der Waals surface area contributed by atoms with Gasteiger partial charge in [0.2, 0.25) is 0 Å². The SMILES string of the molecule is O=C(O)NC1(I)CCCCCCCCC1. The molecule has 0 aliphatic heterocycles. The van der Waals surface area contributed by atoms with Crippen LogP contribution in [-0.4, -0.2) is 14.7 Å². The molecule has 0 aromatic carbocycles. The molecule has 1 aliphatic rings. The van der Waals surface area contributed by atoms with Gasteiger partial charge in [-0.3, -0.25) is 0 Å². The van der Waals surface area contributed by atoms with Crippen molar-refractivity contribution in [1.82, 2.24) is 5.32 Å². The summed E-state index contributed by atoms with van der Waals surface area (Å²) < 4.78 is -0.221. The summed E-state index contributed by atoms with van der Waals surface area (Å²) in [6, 6.07) is 0. The lowest BCUT2D eigenvalue weighted by Gasteiger charge is -2.28. The minimum atomic E-state index is -0.888. The van der Waals surface area contributed by atoms with Crippen LogP contribution in [0, 0.1) is 0 Å². The number of carbonyl (C=O) groups is 1. The molecule has 15 heavy (non-hydrogen) atoms. The first-order valence-electron chi connectivity index (χ1n) is 5.82. The van der Waals surface area contributed by atoms with Crippen molar-refractivity contribution in [2.24, 2.45) is 0 Å². The van der Waals surface area contributed by atoms with Crippen molar-refractivity contribution < 1.29 is 9.90 Å². The largest absolute Gasteiger partial charge is 0.465 e. The standard InChI is InChI=1S/C11H20INO2/c12-11(13-10(14)15)8-6-4-2-1-3-5-7-9-11/h13H,1-9H2,(H,14,15). The van der Waals surface area contributed by atoms with E-state index in [4.69, 9.17) is 5.11 Å². The molecule has 0 heterocycles. The van der Waals surface area contributed by atoms with E-state index >= 15 is 0 Å². The lowest BCUT2D eigenvalue weighted by molar-refractivity contribution is 0.186. The summed E-state index contributed by atoms with van der Waals surface area (Å²) in [5.74, 6) is 0. The highest BCUT2D eigenvalue weighted by molar-refractivity contribution is 14.1. The molecular weight excluding hydrogens is 305 g/mol. The summed E-state index contributed by atoms with van der Waals surface area (Å²) in [5.41, 5.74) is 0. The first-order chi connectivity index (χ1) is 7.12. The molecular formula is C11H20INO2. The maximum atomic E-state index is 10.7. The molecule has 1 fully saturated rings. The van der Waals surface area contributed by atoms with Crippen molar-refractivity contribution in [2.45, 2.75) is 61.3 Å². The summed E-state index contributed by atoms with van der Waals surface area (Å²) in [6.45, 7) is 0. The first kappa shape index (κ1) is 13.1. The lowest BCUT2D eigenvalue weighted by atomic mass is 9.97. The predicted molar refractivity (Wildman–Crippen MR) is 69.5 cm³/mol. The van der Waals surface area contributed by atoms with Crippen LogP contribution in [-0.2, 0) is 0 Å². The summed E-state index contributed by atoms with van der Waals surface area (Å²) in [5, 5.41) is 11.5. The number of nitrogens with one attached hydrogen (secondary N) is 1. The molecule has 0 spiro atoms. The van der Waals surface area contributed by atoms with Crippen LogP contribution >= 0.6 is 22.6 Å². The van der Waals surface area contributed by atoms with Crippen LogP contribution < -0.4 is 5.32 Å². The van der Waals surface area contributed by atoms with Gasteiger partial charge in [-0.2, -0.15) is 0 Å². The van der Waals surface area contributed by atoms with Gasteiger partial charge in [0.1, 0.15) is 0 Å². The summed E-state index contributed by atoms with van der Waals surface area (Å²) >= 11 is 2.29. The van der Waals surface area contributed by atoms with Crippen molar-refractivity contribution in [3.63, 3.8) is 0 Å². The third-order valence-electron chi connectivity index (χ3n) is 2.98. The molecule has 0 unspecified atom stereocenters. The van der Waals surface area contributed by atoms with E-state index in [0.29, 0.717) is 0 Å². The van der Waals surface area contributed by atoms with Crippen molar-refractivity contribution in [2.75, 3.05) is 0 Å². The van der Waals surface area contributed by atoms with Crippen LogP contribution in [0.5, 0.6) is 0 Å². The second kappa shape index (κ2) is 6.55. The van der Waals surface area contributed by atoms with E-state index in [0.717, 1.165) is 25.7 Å². The third-order valence-corrected chi connectivity index (χ3v) is 4.33. The fourth-order valence-electron chi connectivity index (χ4n) is 2.14. The zero-order chi connectivity index (χ0) is 11.1. The number of hydrogen-bond donors (Lipinski definition) is 2. The van der Waals surface area contributed by atoms with Gasteiger partial charge in [0.05, 0.1) is 3.55 Å². The van der Waals surface area contributed by atoms with E-state index < -0.39 is 6.09 Å². The van der Waals surface area contributed by atoms with E-state index in [1.54, 1.807) is 0 Å². The normalized spacial score (nSPS) is 23.0. The molecule has 88 valence electrons. The molecule has 0 saturated heterocycles. The second-order valence-electron chi connectivity index (χ2n) is 4.37. The highest BCUT2D eigenvalue weighted by atomic mass is 127. The Morgan fingerprint density at radius 1 is 1.00 bits per heavy atom. The van der Waals surface area contributed by atoms with Gasteiger partial charge < -0.3 is 10.4 Å². The minimum Gasteiger partial charge on any atom is -0.465 e. The van der Waals surface area contributed by atoms with E-state index in [1.165, 1.54) is 32.1 Å². The molecule has 0 bridgehead atoms. The topological polar surface area (TPSA) is 49.3 Å². The lowest BCUT2D eigenvalue weighted by Crippen LogP contribution is -2.42. The molecule has 1 rings (SSSR count). The highest BCUT2D eigenvalue weighted by Gasteiger charge is 2.27. The zero-order valence-corrected chi connectivity index (χ0v) is 11.3. The molecule has 1 aliphatic carbocycles. The van der Waals surface area contributed by atoms with E-state index in [2.05, 4.69) is 27.9 Å². The monoisotopic (exact) mass is 325 g/mol. The Labute approximate surface area is 105 Å². The smallest absolute Gasteiger partial charge is 0.405 e. The van der Waals surface area contributed by atoms with Crippen LogP contribution in [0.25, 0.3) is 0 Å². The molecule has 3 nitrogen and oxygen atoms in total. The summed E-state index contributed by atoms with van der Waals surface area (Å²) in [6.07, 6.45) is 9.78. The van der Waals surface area contributed by atoms with E-state index in [-0.39, 0.29) is 3.55 Å². The second-order valence-corrected chi connectivity index (χ2v) is 6.44. The molecule has 4 heteroatoms. The molecule has 0 atom stereocenters. The van der Waals surface area contributed by atoms with Gasteiger partial charge in [0.25, 0.3) is 0 Å². The van der Waals surface area contributed by atoms with Crippen molar-refractivity contribution >= 4 is 28.7 Å². The van der Waals surface area contributed by atoms with Crippen molar-refractivity contribution in [3.05, 3.63) is 0 Å².